The molecule has 0 bridgehead atoms. The van der Waals surface area contributed by atoms with E-state index in [1.165, 1.54) is 6.08 Å². The van der Waals surface area contributed by atoms with Crippen LogP contribution in [0.5, 0.6) is 11.5 Å². The third-order valence-corrected chi connectivity index (χ3v) is 2.49. The van der Waals surface area contributed by atoms with Crippen LogP contribution in [0.3, 0.4) is 0 Å². The number of hydrogen-bond donors (Lipinski definition) is 0. The molecule has 0 heterocycles. The van der Waals surface area contributed by atoms with Crippen LogP contribution in [-0.2, 0) is 6.42 Å². The lowest BCUT2D eigenvalue weighted by Gasteiger charge is -2.14. The summed E-state index contributed by atoms with van der Waals surface area (Å²) in [5, 5.41) is 8.64. The molecule has 0 unspecified atom stereocenters. The van der Waals surface area contributed by atoms with E-state index in [0.29, 0.717) is 13.2 Å². The van der Waals surface area contributed by atoms with Crippen molar-refractivity contribution in [2.24, 2.45) is 0 Å². The first-order valence-electron chi connectivity index (χ1n) is 6.25. The number of nitriles is 1. The van der Waals surface area contributed by atoms with Crippen LogP contribution in [0.15, 0.2) is 18.2 Å². The number of allylic oxidation sites excluding steroid dienone is 1. The molecule has 0 aliphatic rings. The molecule has 0 N–H and O–H groups in total. The molecule has 1 aromatic rings. The maximum atomic E-state index is 8.64. The fourth-order valence-corrected chi connectivity index (χ4v) is 1.77. The van der Waals surface area contributed by atoms with Crippen molar-refractivity contribution in [2.45, 2.75) is 27.2 Å². The van der Waals surface area contributed by atoms with Crippen molar-refractivity contribution in [2.75, 3.05) is 13.2 Å². The molecule has 0 saturated heterocycles. The van der Waals surface area contributed by atoms with E-state index in [2.05, 4.69) is 6.92 Å². The van der Waals surface area contributed by atoms with Gasteiger partial charge < -0.3 is 9.47 Å². The molecule has 0 aromatic heterocycles. The van der Waals surface area contributed by atoms with Crippen LogP contribution in [0, 0.1) is 11.3 Å². The summed E-state index contributed by atoms with van der Waals surface area (Å²) in [5.41, 5.74) is 1.99. The fourth-order valence-electron chi connectivity index (χ4n) is 1.77. The Kier molecular flexibility index (Phi) is 5.79. The second-order valence-corrected chi connectivity index (χ2v) is 3.68. The normalized spacial score (nSPS) is 10.3. The molecule has 3 heteroatoms. The molecule has 0 atom stereocenters. The van der Waals surface area contributed by atoms with Gasteiger partial charge in [-0.05, 0) is 44.0 Å². The molecule has 1 rings (SSSR count). The fraction of sp³-hybridized carbons (Fsp3) is 0.400. The highest BCUT2D eigenvalue weighted by Gasteiger charge is 2.10. The van der Waals surface area contributed by atoms with Crippen LogP contribution in [0.25, 0.3) is 6.08 Å². The van der Waals surface area contributed by atoms with Crippen LogP contribution in [0.1, 0.15) is 31.9 Å². The smallest absolute Gasteiger partial charge is 0.129 e. The Morgan fingerprint density at radius 1 is 1.17 bits per heavy atom. The Morgan fingerprint density at radius 3 is 2.44 bits per heavy atom. The highest BCUT2D eigenvalue weighted by molar-refractivity contribution is 5.64. The van der Waals surface area contributed by atoms with Gasteiger partial charge in [0.05, 0.1) is 19.3 Å². The van der Waals surface area contributed by atoms with Gasteiger partial charge in [0.2, 0.25) is 0 Å². The van der Waals surface area contributed by atoms with E-state index in [0.717, 1.165) is 29.0 Å². The van der Waals surface area contributed by atoms with E-state index in [-0.39, 0.29) is 0 Å². The molecule has 0 amide bonds. The molecular formula is C15H19NO2. The summed E-state index contributed by atoms with van der Waals surface area (Å²) in [6.45, 7) is 7.21. The number of rotatable bonds is 6. The van der Waals surface area contributed by atoms with Crippen molar-refractivity contribution in [1.82, 2.24) is 0 Å². The maximum Gasteiger partial charge on any atom is 0.129 e. The van der Waals surface area contributed by atoms with Crippen molar-refractivity contribution >= 4 is 6.08 Å². The van der Waals surface area contributed by atoms with E-state index >= 15 is 0 Å². The van der Waals surface area contributed by atoms with Gasteiger partial charge in [-0.1, -0.05) is 6.92 Å². The van der Waals surface area contributed by atoms with Gasteiger partial charge in [0.25, 0.3) is 0 Å². The summed E-state index contributed by atoms with van der Waals surface area (Å²) in [6, 6.07) is 5.90. The molecule has 96 valence electrons. The molecule has 18 heavy (non-hydrogen) atoms. The van der Waals surface area contributed by atoms with Gasteiger partial charge in [-0.25, -0.2) is 0 Å². The van der Waals surface area contributed by atoms with Gasteiger partial charge >= 0.3 is 0 Å². The lowest BCUT2D eigenvalue weighted by molar-refractivity contribution is 0.327. The summed E-state index contributed by atoms with van der Waals surface area (Å²) in [5.74, 6) is 1.66. The van der Waals surface area contributed by atoms with Crippen molar-refractivity contribution < 1.29 is 9.47 Å². The first kappa shape index (κ1) is 14.1. The van der Waals surface area contributed by atoms with Gasteiger partial charge in [-0.2, -0.15) is 5.26 Å². The monoisotopic (exact) mass is 245 g/mol. The van der Waals surface area contributed by atoms with Gasteiger partial charge in [-0.3, -0.25) is 0 Å². The zero-order valence-electron chi connectivity index (χ0n) is 11.2. The van der Waals surface area contributed by atoms with Crippen molar-refractivity contribution in [3.8, 4) is 17.6 Å². The van der Waals surface area contributed by atoms with E-state index in [9.17, 15) is 0 Å². The van der Waals surface area contributed by atoms with Crippen LogP contribution < -0.4 is 9.47 Å². The Hall–Kier alpha value is -1.95. The zero-order chi connectivity index (χ0) is 13.4. The third-order valence-electron chi connectivity index (χ3n) is 2.49. The Balaban J connectivity index is 3.27. The molecule has 0 fully saturated rings. The average Bonchev–Trinajstić information content (AvgIpc) is 2.38. The van der Waals surface area contributed by atoms with Gasteiger partial charge in [0.15, 0.2) is 0 Å². The second kappa shape index (κ2) is 7.39. The molecule has 3 nitrogen and oxygen atoms in total. The van der Waals surface area contributed by atoms with Crippen LogP contribution in [0.4, 0.5) is 0 Å². The Labute approximate surface area is 109 Å². The lowest BCUT2D eigenvalue weighted by Crippen LogP contribution is -2.00. The summed E-state index contributed by atoms with van der Waals surface area (Å²) in [6.07, 6.45) is 4.07. The van der Waals surface area contributed by atoms with Gasteiger partial charge in [0.1, 0.15) is 11.5 Å². The number of benzene rings is 1. The third kappa shape index (κ3) is 3.53. The molecular weight excluding hydrogens is 226 g/mol. The van der Waals surface area contributed by atoms with E-state index in [4.69, 9.17) is 14.7 Å². The topological polar surface area (TPSA) is 42.2 Å². The van der Waals surface area contributed by atoms with Crippen LogP contribution in [-0.4, -0.2) is 13.2 Å². The Bertz CT molecular complexity index is 458. The largest absolute Gasteiger partial charge is 0.494 e. The molecule has 0 radical (unpaired) electrons. The van der Waals surface area contributed by atoms with Crippen LogP contribution in [0.2, 0.25) is 0 Å². The van der Waals surface area contributed by atoms with Crippen molar-refractivity contribution in [1.29, 1.82) is 5.26 Å². The SMILES string of the molecule is CCOc1cc(/C=C/C#N)c(OCC)c(CC)c1. The number of ether oxygens (including phenoxy) is 2. The molecule has 0 aliphatic carbocycles. The highest BCUT2D eigenvalue weighted by atomic mass is 16.5. The quantitative estimate of drug-likeness (QED) is 0.719. The summed E-state index contributed by atoms with van der Waals surface area (Å²) >= 11 is 0. The zero-order valence-corrected chi connectivity index (χ0v) is 11.2. The molecule has 1 aromatic carbocycles. The minimum absolute atomic E-state index is 0.606. The molecule has 0 saturated carbocycles. The summed E-state index contributed by atoms with van der Waals surface area (Å²) in [7, 11) is 0. The molecule has 0 spiro atoms. The van der Waals surface area contributed by atoms with Crippen LogP contribution >= 0.6 is 0 Å². The minimum Gasteiger partial charge on any atom is -0.494 e. The lowest BCUT2D eigenvalue weighted by atomic mass is 10.1. The van der Waals surface area contributed by atoms with Gasteiger partial charge in [0, 0.05) is 11.6 Å². The number of aryl methyl sites for hydroxylation is 1. The predicted octanol–water partition coefficient (Wildman–Crippen LogP) is 3.58. The van der Waals surface area contributed by atoms with Crippen molar-refractivity contribution in [3.63, 3.8) is 0 Å². The highest BCUT2D eigenvalue weighted by Crippen LogP contribution is 2.31. The minimum atomic E-state index is 0.606. The first-order valence-corrected chi connectivity index (χ1v) is 6.25. The molecule has 0 aliphatic heterocycles. The van der Waals surface area contributed by atoms with Crippen molar-refractivity contribution in [3.05, 3.63) is 29.3 Å². The first-order chi connectivity index (χ1) is 8.76. The number of hydrogen-bond acceptors (Lipinski definition) is 3. The standard InChI is InChI=1S/C15H19NO2/c1-4-12-10-14(17-5-2)11-13(8-7-9-16)15(12)18-6-3/h7-8,10-11H,4-6H2,1-3H3/b8-7+. The van der Waals surface area contributed by atoms with E-state index in [1.54, 1.807) is 6.08 Å². The number of nitrogens with zero attached hydrogens (tertiary/aromatic N) is 1. The average molecular weight is 245 g/mol. The predicted molar refractivity (Wildman–Crippen MR) is 72.8 cm³/mol. The van der Waals surface area contributed by atoms with Gasteiger partial charge in [-0.15, -0.1) is 0 Å². The van der Waals surface area contributed by atoms with E-state index < -0.39 is 0 Å². The Morgan fingerprint density at radius 2 is 1.89 bits per heavy atom. The summed E-state index contributed by atoms with van der Waals surface area (Å²) < 4.78 is 11.2. The second-order valence-electron chi connectivity index (χ2n) is 3.68. The maximum absolute atomic E-state index is 8.64. The summed E-state index contributed by atoms with van der Waals surface area (Å²) in [4.78, 5) is 0. The van der Waals surface area contributed by atoms with E-state index in [1.807, 2.05) is 32.0 Å².